The first-order valence-corrected chi connectivity index (χ1v) is 7.87. The summed E-state index contributed by atoms with van der Waals surface area (Å²) in [6.45, 7) is 4.53. The quantitative estimate of drug-likeness (QED) is 0.725. The zero-order valence-electron chi connectivity index (χ0n) is 10.4. The standard InChI is InChI=1S/C11H21NO4S/c1-3-16-11(13)9(2)8-12-10-4-6-17(14,15)7-5-10/h9-10,12H,3-8H2,1-2H3. The van der Waals surface area contributed by atoms with Crippen molar-refractivity contribution in [2.45, 2.75) is 32.7 Å². The molecule has 6 heteroatoms. The molecule has 1 atom stereocenters. The number of hydrogen-bond donors (Lipinski definition) is 1. The fourth-order valence-corrected chi connectivity index (χ4v) is 3.30. The minimum atomic E-state index is -2.81. The van der Waals surface area contributed by atoms with Crippen LogP contribution in [-0.4, -0.2) is 45.1 Å². The van der Waals surface area contributed by atoms with E-state index in [2.05, 4.69) is 5.32 Å². The number of carbonyl (C=O) groups excluding carboxylic acids is 1. The van der Waals surface area contributed by atoms with E-state index < -0.39 is 9.84 Å². The molecule has 1 N–H and O–H groups in total. The Morgan fingerprint density at radius 2 is 2.00 bits per heavy atom. The van der Waals surface area contributed by atoms with Gasteiger partial charge in [-0.05, 0) is 19.8 Å². The van der Waals surface area contributed by atoms with Gasteiger partial charge in [0.1, 0.15) is 9.84 Å². The van der Waals surface area contributed by atoms with Crippen LogP contribution < -0.4 is 5.32 Å². The van der Waals surface area contributed by atoms with Gasteiger partial charge in [0.05, 0.1) is 24.0 Å². The molecule has 1 heterocycles. The monoisotopic (exact) mass is 263 g/mol. The Balaban J connectivity index is 2.25. The molecule has 1 saturated heterocycles. The Bertz CT molecular complexity index is 338. The molecule has 0 aromatic heterocycles. The third kappa shape index (κ3) is 5.04. The zero-order valence-corrected chi connectivity index (χ0v) is 11.3. The summed E-state index contributed by atoms with van der Waals surface area (Å²) < 4.78 is 27.4. The Labute approximate surface area is 103 Å². The van der Waals surface area contributed by atoms with Gasteiger partial charge in [0.2, 0.25) is 0 Å². The molecule has 0 amide bonds. The zero-order chi connectivity index (χ0) is 12.9. The molecule has 1 aliphatic heterocycles. The van der Waals surface area contributed by atoms with Gasteiger partial charge in [-0.2, -0.15) is 0 Å². The maximum absolute atomic E-state index is 11.4. The topological polar surface area (TPSA) is 72.5 Å². The molecule has 0 bridgehead atoms. The summed E-state index contributed by atoms with van der Waals surface area (Å²) in [5.74, 6) is 0.105. The summed E-state index contributed by atoms with van der Waals surface area (Å²) in [5.41, 5.74) is 0. The van der Waals surface area contributed by atoms with Gasteiger partial charge in [-0.3, -0.25) is 4.79 Å². The third-order valence-corrected chi connectivity index (χ3v) is 4.67. The molecule has 1 fully saturated rings. The van der Waals surface area contributed by atoms with Gasteiger partial charge >= 0.3 is 5.97 Å². The number of rotatable bonds is 5. The van der Waals surface area contributed by atoms with E-state index >= 15 is 0 Å². The minimum Gasteiger partial charge on any atom is -0.466 e. The second-order valence-corrected chi connectivity index (χ2v) is 6.79. The summed E-state index contributed by atoms with van der Waals surface area (Å²) in [6, 6.07) is 0.204. The molecule has 5 nitrogen and oxygen atoms in total. The number of esters is 1. The number of hydrogen-bond acceptors (Lipinski definition) is 5. The van der Waals surface area contributed by atoms with Crippen molar-refractivity contribution in [2.75, 3.05) is 24.7 Å². The Kier molecular flexibility index (Phi) is 5.39. The van der Waals surface area contributed by atoms with Crippen LogP contribution in [0.1, 0.15) is 26.7 Å². The SMILES string of the molecule is CCOC(=O)C(C)CNC1CCS(=O)(=O)CC1. The summed E-state index contributed by atoms with van der Waals surface area (Å²) in [5, 5.41) is 3.23. The molecule has 0 aliphatic carbocycles. The summed E-state index contributed by atoms with van der Waals surface area (Å²) in [4.78, 5) is 11.4. The number of sulfone groups is 1. The molecule has 0 saturated carbocycles. The highest BCUT2D eigenvalue weighted by Crippen LogP contribution is 2.12. The molecule has 100 valence electrons. The van der Waals surface area contributed by atoms with Crippen molar-refractivity contribution in [3.63, 3.8) is 0 Å². The fraction of sp³-hybridized carbons (Fsp3) is 0.909. The van der Waals surface area contributed by atoms with E-state index in [1.165, 1.54) is 0 Å². The van der Waals surface area contributed by atoms with Crippen molar-refractivity contribution in [3.8, 4) is 0 Å². The maximum atomic E-state index is 11.4. The Morgan fingerprint density at radius 3 is 2.53 bits per heavy atom. The lowest BCUT2D eigenvalue weighted by Crippen LogP contribution is -2.40. The largest absolute Gasteiger partial charge is 0.466 e. The first kappa shape index (κ1) is 14.4. The average molecular weight is 263 g/mol. The van der Waals surface area contributed by atoms with E-state index in [0.717, 1.165) is 0 Å². The van der Waals surface area contributed by atoms with Crippen LogP contribution >= 0.6 is 0 Å². The van der Waals surface area contributed by atoms with Gasteiger partial charge in [0.25, 0.3) is 0 Å². The van der Waals surface area contributed by atoms with Crippen molar-refractivity contribution < 1.29 is 17.9 Å². The normalized spacial score (nSPS) is 22.0. The van der Waals surface area contributed by atoms with Crippen LogP contribution in [0.5, 0.6) is 0 Å². The smallest absolute Gasteiger partial charge is 0.309 e. The second kappa shape index (κ2) is 6.35. The van der Waals surface area contributed by atoms with Crippen LogP contribution in [0.2, 0.25) is 0 Å². The van der Waals surface area contributed by atoms with Crippen LogP contribution in [0, 0.1) is 5.92 Å². The Hall–Kier alpha value is -0.620. The van der Waals surface area contributed by atoms with Gasteiger partial charge in [-0.15, -0.1) is 0 Å². The lowest BCUT2D eigenvalue weighted by atomic mass is 10.1. The third-order valence-electron chi connectivity index (χ3n) is 2.96. The minimum absolute atomic E-state index is 0.187. The lowest BCUT2D eigenvalue weighted by Gasteiger charge is -2.24. The average Bonchev–Trinajstić information content (AvgIpc) is 2.27. The number of nitrogens with one attached hydrogen (secondary N) is 1. The molecular weight excluding hydrogens is 242 g/mol. The molecule has 1 rings (SSSR count). The van der Waals surface area contributed by atoms with Crippen molar-refractivity contribution in [1.29, 1.82) is 0 Å². The molecule has 0 spiro atoms. The van der Waals surface area contributed by atoms with Crippen molar-refractivity contribution in [2.24, 2.45) is 5.92 Å². The van der Waals surface area contributed by atoms with Crippen LogP contribution in [0.3, 0.4) is 0 Å². The summed E-state index contributed by atoms with van der Waals surface area (Å²) in [7, 11) is -2.81. The van der Waals surface area contributed by atoms with Crippen LogP contribution in [0.4, 0.5) is 0 Å². The highest BCUT2D eigenvalue weighted by Gasteiger charge is 2.24. The van der Waals surface area contributed by atoms with Crippen molar-refractivity contribution >= 4 is 15.8 Å². The van der Waals surface area contributed by atoms with Gasteiger partial charge in [-0.1, -0.05) is 6.92 Å². The van der Waals surface area contributed by atoms with Crippen LogP contribution in [0.25, 0.3) is 0 Å². The van der Waals surface area contributed by atoms with E-state index in [0.29, 0.717) is 26.0 Å². The number of ether oxygens (including phenoxy) is 1. The van der Waals surface area contributed by atoms with Crippen molar-refractivity contribution in [3.05, 3.63) is 0 Å². The van der Waals surface area contributed by atoms with E-state index in [1.54, 1.807) is 6.92 Å². The molecule has 17 heavy (non-hydrogen) atoms. The molecule has 0 aromatic rings. The first-order valence-electron chi connectivity index (χ1n) is 6.05. The highest BCUT2D eigenvalue weighted by molar-refractivity contribution is 7.91. The second-order valence-electron chi connectivity index (χ2n) is 4.49. The van der Waals surface area contributed by atoms with Crippen LogP contribution in [-0.2, 0) is 19.4 Å². The maximum Gasteiger partial charge on any atom is 0.309 e. The van der Waals surface area contributed by atoms with Crippen LogP contribution in [0.15, 0.2) is 0 Å². The van der Waals surface area contributed by atoms with E-state index in [1.807, 2.05) is 6.92 Å². The van der Waals surface area contributed by atoms with E-state index in [9.17, 15) is 13.2 Å². The Morgan fingerprint density at radius 1 is 1.41 bits per heavy atom. The van der Waals surface area contributed by atoms with E-state index in [-0.39, 0.29) is 29.4 Å². The van der Waals surface area contributed by atoms with Gasteiger partial charge in [-0.25, -0.2) is 8.42 Å². The predicted molar refractivity (Wildman–Crippen MR) is 65.5 cm³/mol. The van der Waals surface area contributed by atoms with Gasteiger partial charge in [0.15, 0.2) is 0 Å². The fourth-order valence-electron chi connectivity index (χ4n) is 1.81. The molecular formula is C11H21NO4S. The highest BCUT2D eigenvalue weighted by atomic mass is 32.2. The summed E-state index contributed by atoms with van der Waals surface area (Å²) >= 11 is 0. The molecule has 1 unspecified atom stereocenters. The first-order chi connectivity index (χ1) is 7.94. The molecule has 0 radical (unpaired) electrons. The molecule has 1 aliphatic rings. The van der Waals surface area contributed by atoms with E-state index in [4.69, 9.17) is 4.74 Å². The lowest BCUT2D eigenvalue weighted by molar-refractivity contribution is -0.147. The predicted octanol–water partition coefficient (Wildman–Crippen LogP) is 0.352. The van der Waals surface area contributed by atoms with Gasteiger partial charge < -0.3 is 10.1 Å². The summed E-state index contributed by atoms with van der Waals surface area (Å²) in [6.07, 6.45) is 1.27. The van der Waals surface area contributed by atoms with Gasteiger partial charge in [0, 0.05) is 12.6 Å². The number of carbonyl (C=O) groups is 1. The molecule has 0 aromatic carbocycles. The van der Waals surface area contributed by atoms with Crippen molar-refractivity contribution in [1.82, 2.24) is 5.32 Å².